The predicted molar refractivity (Wildman–Crippen MR) is 94.0 cm³/mol. The lowest BCUT2D eigenvalue weighted by Crippen LogP contribution is -2.31. The van der Waals surface area contributed by atoms with Gasteiger partial charge in [-0.3, -0.25) is 4.79 Å². The number of tetrazole rings is 1. The number of hydrogen-bond donors (Lipinski definition) is 1. The molecule has 24 heavy (non-hydrogen) atoms. The minimum atomic E-state index is -0.171. The maximum absolute atomic E-state index is 12.2. The summed E-state index contributed by atoms with van der Waals surface area (Å²) in [6, 6.07) is 17.2. The molecule has 0 radical (unpaired) electrons. The first-order valence-corrected chi connectivity index (χ1v) is 8.30. The number of hydrogen-bond acceptors (Lipinski definition) is 4. The molecule has 3 aromatic rings. The molecular weight excluding hydrogens is 370 g/mol. The molecule has 6 nitrogen and oxygen atoms in total. The highest BCUT2D eigenvalue weighted by molar-refractivity contribution is 9.10. The molecule has 1 amide bonds. The fraction of sp³-hybridized carbons (Fsp3) is 0.176. The number of nitrogens with zero attached hydrogens (tertiary/aromatic N) is 4. The second-order valence-corrected chi connectivity index (χ2v) is 6.17. The zero-order valence-corrected chi connectivity index (χ0v) is 14.6. The van der Waals surface area contributed by atoms with Crippen molar-refractivity contribution in [2.24, 2.45) is 0 Å². The molecule has 0 saturated carbocycles. The lowest BCUT2D eigenvalue weighted by atomic mass is 10.1. The van der Waals surface area contributed by atoms with Crippen LogP contribution < -0.4 is 5.32 Å². The summed E-state index contributed by atoms with van der Waals surface area (Å²) in [5.74, 6) is 0.331. The van der Waals surface area contributed by atoms with Crippen LogP contribution in [0.5, 0.6) is 0 Å². The van der Waals surface area contributed by atoms with E-state index in [-0.39, 0.29) is 18.5 Å². The quantitative estimate of drug-likeness (QED) is 0.732. The van der Waals surface area contributed by atoms with Crippen LogP contribution in [0.15, 0.2) is 59.1 Å². The minimum absolute atomic E-state index is 0.0224. The Morgan fingerprint density at radius 2 is 1.88 bits per heavy atom. The smallest absolute Gasteiger partial charge is 0.244 e. The third-order valence-electron chi connectivity index (χ3n) is 3.52. The predicted octanol–water partition coefficient (Wildman–Crippen LogP) is 2.98. The molecule has 0 saturated heterocycles. The molecule has 0 aliphatic heterocycles. The first-order valence-electron chi connectivity index (χ1n) is 7.50. The third kappa shape index (κ3) is 3.86. The van der Waals surface area contributed by atoms with Gasteiger partial charge in [0.05, 0.1) is 6.04 Å². The van der Waals surface area contributed by atoms with Gasteiger partial charge in [-0.15, -0.1) is 10.2 Å². The highest BCUT2D eigenvalue weighted by Gasteiger charge is 2.14. The Hall–Kier alpha value is -2.54. The summed E-state index contributed by atoms with van der Waals surface area (Å²) in [6.45, 7) is 1.96. The molecular formula is C17H16BrN5O. The van der Waals surface area contributed by atoms with Crippen molar-refractivity contribution in [1.29, 1.82) is 0 Å². The number of benzene rings is 2. The van der Waals surface area contributed by atoms with Crippen molar-refractivity contribution >= 4 is 21.8 Å². The first kappa shape index (κ1) is 16.3. The molecule has 0 fully saturated rings. The molecule has 7 heteroatoms. The largest absolute Gasteiger partial charge is 0.348 e. The van der Waals surface area contributed by atoms with Gasteiger partial charge in [0.1, 0.15) is 6.54 Å². The normalized spacial score (nSPS) is 11.9. The van der Waals surface area contributed by atoms with E-state index in [9.17, 15) is 4.79 Å². The number of halogens is 1. The Morgan fingerprint density at radius 1 is 1.17 bits per heavy atom. The van der Waals surface area contributed by atoms with Gasteiger partial charge < -0.3 is 5.32 Å². The van der Waals surface area contributed by atoms with Gasteiger partial charge in [0.25, 0.3) is 0 Å². The molecule has 0 aliphatic rings. The van der Waals surface area contributed by atoms with Gasteiger partial charge in [-0.1, -0.05) is 64.5 Å². The van der Waals surface area contributed by atoms with E-state index in [1.807, 2.05) is 61.5 Å². The van der Waals surface area contributed by atoms with Crippen LogP contribution in [-0.4, -0.2) is 26.1 Å². The van der Waals surface area contributed by atoms with Gasteiger partial charge in [-0.25, -0.2) is 0 Å². The summed E-state index contributed by atoms with van der Waals surface area (Å²) in [5.41, 5.74) is 1.88. The van der Waals surface area contributed by atoms with E-state index < -0.39 is 0 Å². The zero-order chi connectivity index (χ0) is 16.9. The molecule has 0 aliphatic carbocycles. The summed E-state index contributed by atoms with van der Waals surface area (Å²) in [4.78, 5) is 13.5. The number of carbonyl (C=O) groups excluding carboxylic acids is 1. The molecule has 1 unspecified atom stereocenters. The molecule has 1 atom stereocenters. The Labute approximate surface area is 148 Å². The lowest BCUT2D eigenvalue weighted by molar-refractivity contribution is -0.122. The Bertz CT molecular complexity index is 834. The van der Waals surface area contributed by atoms with Crippen LogP contribution in [0.3, 0.4) is 0 Å². The van der Waals surface area contributed by atoms with Gasteiger partial charge in [0.2, 0.25) is 11.7 Å². The van der Waals surface area contributed by atoms with Crippen LogP contribution in [0, 0.1) is 0 Å². The van der Waals surface area contributed by atoms with Gasteiger partial charge in [0, 0.05) is 10.0 Å². The molecule has 1 heterocycles. The average Bonchev–Trinajstić information content (AvgIpc) is 3.04. The van der Waals surface area contributed by atoms with Gasteiger partial charge in [-0.2, -0.15) is 4.80 Å². The maximum Gasteiger partial charge on any atom is 0.244 e. The van der Waals surface area contributed by atoms with Crippen molar-refractivity contribution in [1.82, 2.24) is 25.5 Å². The van der Waals surface area contributed by atoms with Crippen LogP contribution in [0.1, 0.15) is 18.5 Å². The Kier molecular flexibility index (Phi) is 5.00. The van der Waals surface area contributed by atoms with Gasteiger partial charge >= 0.3 is 0 Å². The minimum Gasteiger partial charge on any atom is -0.348 e. The maximum atomic E-state index is 12.2. The standard InChI is InChI=1S/C17H16BrN5O/c1-12(14-9-5-6-10-15(14)18)19-16(24)11-23-21-17(20-22-23)13-7-3-2-4-8-13/h2-10,12H,11H2,1H3,(H,19,24). The Morgan fingerprint density at radius 3 is 2.62 bits per heavy atom. The van der Waals surface area contributed by atoms with Crippen molar-refractivity contribution < 1.29 is 4.79 Å². The lowest BCUT2D eigenvalue weighted by Gasteiger charge is -2.15. The number of amides is 1. The summed E-state index contributed by atoms with van der Waals surface area (Å²) < 4.78 is 0.961. The highest BCUT2D eigenvalue weighted by atomic mass is 79.9. The SMILES string of the molecule is CC(NC(=O)Cn1nnc(-c2ccccc2)n1)c1ccccc1Br. The van der Waals surface area contributed by atoms with Crippen molar-refractivity contribution in [3.05, 3.63) is 64.6 Å². The van der Waals surface area contributed by atoms with Crippen LogP contribution in [0.25, 0.3) is 11.4 Å². The molecule has 0 bridgehead atoms. The summed E-state index contributed by atoms with van der Waals surface area (Å²) in [5, 5.41) is 15.1. The van der Waals surface area contributed by atoms with E-state index in [1.165, 1.54) is 4.80 Å². The molecule has 1 aromatic heterocycles. The van der Waals surface area contributed by atoms with E-state index in [2.05, 4.69) is 36.7 Å². The fourth-order valence-corrected chi connectivity index (χ4v) is 2.96. The van der Waals surface area contributed by atoms with Crippen molar-refractivity contribution in [2.45, 2.75) is 19.5 Å². The van der Waals surface area contributed by atoms with Crippen molar-refractivity contribution in [3.63, 3.8) is 0 Å². The van der Waals surface area contributed by atoms with E-state index in [0.29, 0.717) is 5.82 Å². The van der Waals surface area contributed by atoms with Crippen LogP contribution >= 0.6 is 15.9 Å². The van der Waals surface area contributed by atoms with E-state index in [1.54, 1.807) is 0 Å². The fourth-order valence-electron chi connectivity index (χ4n) is 2.33. The summed E-state index contributed by atoms with van der Waals surface area (Å²) >= 11 is 3.49. The molecule has 1 N–H and O–H groups in total. The monoisotopic (exact) mass is 385 g/mol. The van der Waals surface area contributed by atoms with Crippen molar-refractivity contribution in [2.75, 3.05) is 0 Å². The zero-order valence-electron chi connectivity index (χ0n) is 13.1. The van der Waals surface area contributed by atoms with Gasteiger partial charge in [0.15, 0.2) is 0 Å². The van der Waals surface area contributed by atoms with Gasteiger partial charge in [-0.05, 0) is 23.8 Å². The summed E-state index contributed by atoms with van der Waals surface area (Å²) in [6.07, 6.45) is 0. The second kappa shape index (κ2) is 7.35. The number of carbonyl (C=O) groups is 1. The van der Waals surface area contributed by atoms with Crippen LogP contribution in [0.4, 0.5) is 0 Å². The van der Waals surface area contributed by atoms with Crippen LogP contribution in [0.2, 0.25) is 0 Å². The molecule has 3 rings (SSSR count). The number of aromatic nitrogens is 4. The molecule has 2 aromatic carbocycles. The third-order valence-corrected chi connectivity index (χ3v) is 4.24. The first-order chi connectivity index (χ1) is 11.6. The van der Waals surface area contributed by atoms with E-state index >= 15 is 0 Å². The van der Waals surface area contributed by atoms with E-state index in [0.717, 1.165) is 15.6 Å². The number of rotatable bonds is 5. The van der Waals surface area contributed by atoms with Crippen molar-refractivity contribution in [3.8, 4) is 11.4 Å². The molecule has 122 valence electrons. The summed E-state index contributed by atoms with van der Waals surface area (Å²) in [7, 11) is 0. The topological polar surface area (TPSA) is 72.7 Å². The molecule has 0 spiro atoms. The number of nitrogens with one attached hydrogen (secondary N) is 1. The average molecular weight is 386 g/mol. The highest BCUT2D eigenvalue weighted by Crippen LogP contribution is 2.22. The Balaban J connectivity index is 1.63. The van der Waals surface area contributed by atoms with E-state index in [4.69, 9.17) is 0 Å². The van der Waals surface area contributed by atoms with Crippen LogP contribution in [-0.2, 0) is 11.3 Å². The second-order valence-electron chi connectivity index (χ2n) is 5.32.